The maximum absolute atomic E-state index is 12.8. The van der Waals surface area contributed by atoms with Crippen molar-refractivity contribution in [2.45, 2.75) is 82.3 Å². The summed E-state index contributed by atoms with van der Waals surface area (Å²) in [5.41, 5.74) is -0.554. The van der Waals surface area contributed by atoms with Gasteiger partial charge in [0.15, 0.2) is 0 Å². The Morgan fingerprint density at radius 2 is 1.88 bits per heavy atom. The quantitative estimate of drug-likeness (QED) is 0.786. The minimum Gasteiger partial charge on any atom is -0.465 e. The maximum Gasteiger partial charge on any atom is 0.313 e. The second-order valence-corrected chi connectivity index (χ2v) is 8.65. The van der Waals surface area contributed by atoms with Crippen molar-refractivity contribution in [3.8, 4) is 0 Å². The minimum atomic E-state index is -0.554. The van der Waals surface area contributed by atoms with E-state index in [0.29, 0.717) is 18.6 Å². The molecule has 1 saturated carbocycles. The van der Waals surface area contributed by atoms with Crippen molar-refractivity contribution in [2.75, 3.05) is 19.7 Å². The van der Waals surface area contributed by atoms with Gasteiger partial charge in [-0.05, 0) is 57.8 Å². The summed E-state index contributed by atoms with van der Waals surface area (Å²) in [6.45, 7) is 3.10. The fourth-order valence-electron chi connectivity index (χ4n) is 5.86. The summed E-state index contributed by atoms with van der Waals surface area (Å²) in [6, 6.07) is 0.667. The van der Waals surface area contributed by atoms with Gasteiger partial charge in [0.2, 0.25) is 0 Å². The summed E-state index contributed by atoms with van der Waals surface area (Å²) in [6.07, 6.45) is 11.4. The highest BCUT2D eigenvalue weighted by molar-refractivity contribution is 5.84. The van der Waals surface area contributed by atoms with Gasteiger partial charge in [0.25, 0.3) is 0 Å². The van der Waals surface area contributed by atoms with Crippen LogP contribution in [0.3, 0.4) is 0 Å². The molecule has 0 aromatic carbocycles. The van der Waals surface area contributed by atoms with Crippen molar-refractivity contribution in [2.24, 2.45) is 11.8 Å². The number of ether oxygens (including phenoxy) is 2. The fraction of sp³-hybridized carbons (Fsp3) is 0.900. The molecule has 3 aliphatic heterocycles. The fourth-order valence-corrected chi connectivity index (χ4v) is 5.86. The smallest absolute Gasteiger partial charge is 0.313 e. The van der Waals surface area contributed by atoms with Gasteiger partial charge in [0.05, 0.1) is 32.2 Å². The van der Waals surface area contributed by atoms with Crippen LogP contribution in [0, 0.1) is 11.8 Å². The lowest BCUT2D eigenvalue weighted by molar-refractivity contribution is -0.940. The van der Waals surface area contributed by atoms with E-state index < -0.39 is 5.60 Å². The third-order valence-corrected chi connectivity index (χ3v) is 7.18. The molecule has 3 heterocycles. The van der Waals surface area contributed by atoms with Crippen LogP contribution in [0.15, 0.2) is 0 Å². The second-order valence-electron chi connectivity index (χ2n) is 8.65. The molecule has 3 saturated heterocycles. The van der Waals surface area contributed by atoms with Gasteiger partial charge in [-0.15, -0.1) is 0 Å². The van der Waals surface area contributed by atoms with Crippen molar-refractivity contribution < 1.29 is 24.0 Å². The van der Waals surface area contributed by atoms with Crippen LogP contribution in [-0.4, -0.2) is 43.3 Å². The molecule has 0 amide bonds. The molecule has 5 heteroatoms. The highest BCUT2D eigenvalue weighted by Gasteiger charge is 2.54. The van der Waals surface area contributed by atoms with Crippen LogP contribution in [-0.2, 0) is 19.1 Å². The van der Waals surface area contributed by atoms with E-state index >= 15 is 0 Å². The summed E-state index contributed by atoms with van der Waals surface area (Å²) < 4.78 is 11.5. The zero-order valence-corrected chi connectivity index (χ0v) is 15.3. The summed E-state index contributed by atoms with van der Waals surface area (Å²) >= 11 is 0. The van der Waals surface area contributed by atoms with E-state index in [1.807, 2.05) is 0 Å². The molecule has 1 N–H and O–H groups in total. The number of carbonyl (C=O) groups is 2. The van der Waals surface area contributed by atoms with Gasteiger partial charge in [-0.1, -0.05) is 6.42 Å². The normalized spacial score (nSPS) is 37.4. The number of carbonyl (C=O) groups excluding carboxylic acids is 2. The van der Waals surface area contributed by atoms with Gasteiger partial charge >= 0.3 is 11.9 Å². The number of piperidine rings is 2. The van der Waals surface area contributed by atoms with Crippen LogP contribution in [0.1, 0.15) is 70.6 Å². The van der Waals surface area contributed by atoms with Crippen molar-refractivity contribution in [1.82, 2.24) is 0 Å². The molecule has 1 unspecified atom stereocenters. The standard InChI is InChI=1S/C20H31NO4/c22-18-13-16(20(25-18)9-3-1-4-10-20)19(23)24-14-15-7-6-12-21-11-5-2-8-17(15)21/h15-17H,1-14H2/p+1/t15-,16-,17+/m0/s1. The minimum absolute atomic E-state index is 0.185. The molecule has 0 aromatic rings. The highest BCUT2D eigenvalue weighted by Crippen LogP contribution is 2.44. The molecule has 25 heavy (non-hydrogen) atoms. The first-order valence-corrected chi connectivity index (χ1v) is 10.4. The van der Waals surface area contributed by atoms with E-state index in [1.165, 1.54) is 51.6 Å². The van der Waals surface area contributed by atoms with Crippen LogP contribution < -0.4 is 4.90 Å². The lowest BCUT2D eigenvalue weighted by Crippen LogP contribution is -3.18. The molecule has 4 aliphatic rings. The Balaban J connectivity index is 1.37. The van der Waals surface area contributed by atoms with Crippen molar-refractivity contribution >= 4 is 11.9 Å². The lowest BCUT2D eigenvalue weighted by atomic mass is 9.76. The van der Waals surface area contributed by atoms with Crippen LogP contribution >= 0.6 is 0 Å². The molecular weight excluding hydrogens is 318 g/mol. The number of rotatable bonds is 3. The van der Waals surface area contributed by atoms with Gasteiger partial charge in [-0.25, -0.2) is 0 Å². The molecule has 1 spiro atoms. The molecular formula is C20H32NO4+. The van der Waals surface area contributed by atoms with E-state index in [9.17, 15) is 9.59 Å². The lowest BCUT2D eigenvalue weighted by Gasteiger charge is -2.41. The number of quaternary nitrogens is 1. The van der Waals surface area contributed by atoms with Gasteiger partial charge in [0.1, 0.15) is 11.5 Å². The Bertz CT molecular complexity index is 512. The number of nitrogens with one attached hydrogen (secondary N) is 1. The van der Waals surface area contributed by atoms with Crippen LogP contribution in [0.25, 0.3) is 0 Å². The number of hydrogen-bond acceptors (Lipinski definition) is 4. The first-order valence-electron chi connectivity index (χ1n) is 10.4. The van der Waals surface area contributed by atoms with E-state index in [2.05, 4.69) is 0 Å². The summed E-state index contributed by atoms with van der Waals surface area (Å²) in [7, 11) is 0. The van der Waals surface area contributed by atoms with Gasteiger partial charge in [-0.3, -0.25) is 9.59 Å². The zero-order chi connectivity index (χ0) is 17.3. The summed E-state index contributed by atoms with van der Waals surface area (Å²) in [5.74, 6) is -0.285. The Labute approximate surface area is 150 Å². The van der Waals surface area contributed by atoms with Gasteiger partial charge < -0.3 is 14.4 Å². The average Bonchev–Trinajstić information content (AvgIpc) is 2.95. The molecule has 0 radical (unpaired) electrons. The Kier molecular flexibility index (Phi) is 5.03. The summed E-state index contributed by atoms with van der Waals surface area (Å²) in [5, 5.41) is 0. The maximum atomic E-state index is 12.8. The molecule has 0 bridgehead atoms. The number of hydrogen-bond donors (Lipinski definition) is 1. The predicted molar refractivity (Wildman–Crippen MR) is 92.0 cm³/mol. The number of fused-ring (bicyclic) bond motifs is 1. The van der Waals surface area contributed by atoms with E-state index in [4.69, 9.17) is 9.47 Å². The molecule has 1 aliphatic carbocycles. The van der Waals surface area contributed by atoms with Crippen LogP contribution in [0.5, 0.6) is 0 Å². The van der Waals surface area contributed by atoms with Crippen molar-refractivity contribution in [3.05, 3.63) is 0 Å². The molecule has 140 valence electrons. The summed E-state index contributed by atoms with van der Waals surface area (Å²) in [4.78, 5) is 26.4. The van der Waals surface area contributed by atoms with Gasteiger partial charge in [0, 0.05) is 5.92 Å². The molecule has 4 rings (SSSR count). The first kappa shape index (κ1) is 17.3. The highest BCUT2D eigenvalue weighted by atomic mass is 16.6. The van der Waals surface area contributed by atoms with Crippen molar-refractivity contribution in [1.29, 1.82) is 0 Å². The Morgan fingerprint density at radius 1 is 1.08 bits per heavy atom. The molecule has 0 aromatic heterocycles. The SMILES string of the molecule is O=C1C[C@@H](C(=O)OC[C@@H]2CCC[NH+]3CCCC[C@H]23)C2(CCCCC2)O1. The molecule has 4 fully saturated rings. The van der Waals surface area contributed by atoms with Crippen LogP contribution in [0.2, 0.25) is 0 Å². The zero-order valence-electron chi connectivity index (χ0n) is 15.3. The Hall–Kier alpha value is -1.10. The largest absolute Gasteiger partial charge is 0.465 e. The third kappa shape index (κ3) is 3.44. The first-order chi connectivity index (χ1) is 12.2. The number of esters is 2. The third-order valence-electron chi connectivity index (χ3n) is 7.18. The molecule has 4 atom stereocenters. The van der Waals surface area contributed by atoms with E-state index in [0.717, 1.165) is 25.7 Å². The monoisotopic (exact) mass is 350 g/mol. The van der Waals surface area contributed by atoms with E-state index in [1.54, 1.807) is 4.90 Å². The predicted octanol–water partition coefficient (Wildman–Crippen LogP) is 1.64. The Morgan fingerprint density at radius 3 is 2.72 bits per heavy atom. The van der Waals surface area contributed by atoms with Crippen LogP contribution in [0.4, 0.5) is 0 Å². The average molecular weight is 350 g/mol. The topological polar surface area (TPSA) is 57.0 Å². The molecule has 5 nitrogen and oxygen atoms in total. The van der Waals surface area contributed by atoms with E-state index in [-0.39, 0.29) is 24.3 Å². The van der Waals surface area contributed by atoms with Gasteiger partial charge in [-0.2, -0.15) is 0 Å². The second kappa shape index (κ2) is 7.26. The van der Waals surface area contributed by atoms with Crippen molar-refractivity contribution in [3.63, 3.8) is 0 Å².